The normalized spacial score (nSPS) is 11.7. The van der Waals surface area contributed by atoms with Crippen molar-refractivity contribution >= 4 is 11.6 Å². The van der Waals surface area contributed by atoms with Crippen LogP contribution in [-0.4, -0.2) is 23.1 Å². The Hall–Kier alpha value is -2.31. The molecule has 1 aromatic carbocycles. The van der Waals surface area contributed by atoms with Gasteiger partial charge in [0.1, 0.15) is 5.56 Å². The Kier molecular flexibility index (Phi) is 7.05. The minimum Gasteiger partial charge on any atom is -0.477 e. The molecule has 0 aliphatic rings. The van der Waals surface area contributed by atoms with E-state index in [2.05, 4.69) is 23.8 Å². The highest BCUT2D eigenvalue weighted by molar-refractivity contribution is 5.63. The molecule has 0 N–H and O–H groups in total. The van der Waals surface area contributed by atoms with E-state index >= 15 is 0 Å². The van der Waals surface area contributed by atoms with Gasteiger partial charge in [-0.2, -0.15) is 18.2 Å². The molecule has 0 saturated heterocycles. The first-order chi connectivity index (χ1) is 12.8. The average molecular weight is 381 g/mol. The summed E-state index contributed by atoms with van der Waals surface area (Å²) in [6, 6.07) is 7.77. The SMILES string of the molecule is CCCCOc1nc(N(CC)c2ccccc2C(C)C)ncc1C(F)(F)F. The molecule has 2 aromatic rings. The fourth-order valence-corrected chi connectivity index (χ4v) is 2.75. The van der Waals surface area contributed by atoms with Gasteiger partial charge in [0, 0.05) is 18.4 Å². The maximum Gasteiger partial charge on any atom is 0.423 e. The van der Waals surface area contributed by atoms with Crippen LogP contribution in [0.2, 0.25) is 0 Å². The highest BCUT2D eigenvalue weighted by Gasteiger charge is 2.36. The molecule has 0 fully saturated rings. The first-order valence-electron chi connectivity index (χ1n) is 9.23. The van der Waals surface area contributed by atoms with Crippen LogP contribution < -0.4 is 9.64 Å². The van der Waals surface area contributed by atoms with Crippen LogP contribution in [0.4, 0.5) is 24.8 Å². The monoisotopic (exact) mass is 381 g/mol. The van der Waals surface area contributed by atoms with E-state index in [9.17, 15) is 13.2 Å². The highest BCUT2D eigenvalue weighted by Crippen LogP contribution is 2.37. The Balaban J connectivity index is 2.48. The lowest BCUT2D eigenvalue weighted by Crippen LogP contribution is -2.22. The third-order valence-corrected chi connectivity index (χ3v) is 4.19. The molecule has 0 saturated carbocycles. The number of anilines is 2. The predicted molar refractivity (Wildman–Crippen MR) is 101 cm³/mol. The lowest BCUT2D eigenvalue weighted by atomic mass is 10.0. The number of ether oxygens (including phenoxy) is 1. The summed E-state index contributed by atoms with van der Waals surface area (Å²) in [5.41, 5.74) is 1.01. The van der Waals surface area contributed by atoms with Crippen LogP contribution in [0, 0.1) is 0 Å². The van der Waals surface area contributed by atoms with Crippen molar-refractivity contribution in [3.05, 3.63) is 41.6 Å². The second kappa shape index (κ2) is 9.06. The van der Waals surface area contributed by atoms with Crippen molar-refractivity contribution in [3.8, 4) is 5.88 Å². The van der Waals surface area contributed by atoms with E-state index in [1.54, 1.807) is 0 Å². The molecule has 0 unspecified atom stereocenters. The lowest BCUT2D eigenvalue weighted by molar-refractivity contribution is -0.139. The van der Waals surface area contributed by atoms with Crippen LogP contribution in [-0.2, 0) is 6.18 Å². The van der Waals surface area contributed by atoms with Crippen molar-refractivity contribution in [1.82, 2.24) is 9.97 Å². The van der Waals surface area contributed by atoms with Crippen LogP contribution in [0.15, 0.2) is 30.5 Å². The topological polar surface area (TPSA) is 38.2 Å². The Morgan fingerprint density at radius 1 is 1.15 bits per heavy atom. The van der Waals surface area contributed by atoms with Crippen molar-refractivity contribution in [3.63, 3.8) is 0 Å². The average Bonchev–Trinajstić information content (AvgIpc) is 2.62. The molecule has 0 spiro atoms. The number of halogens is 3. The Bertz CT molecular complexity index is 747. The second-order valence-corrected chi connectivity index (χ2v) is 6.55. The quantitative estimate of drug-likeness (QED) is 0.529. The molecular formula is C20H26F3N3O. The van der Waals surface area contributed by atoms with Gasteiger partial charge in [-0.25, -0.2) is 4.98 Å². The smallest absolute Gasteiger partial charge is 0.423 e. The number of alkyl halides is 3. The summed E-state index contributed by atoms with van der Waals surface area (Å²) in [4.78, 5) is 9.94. The summed E-state index contributed by atoms with van der Waals surface area (Å²) in [5.74, 6) is 0.0384. The number of para-hydroxylation sites is 1. The number of aromatic nitrogens is 2. The van der Waals surface area contributed by atoms with E-state index < -0.39 is 17.6 Å². The van der Waals surface area contributed by atoms with Gasteiger partial charge < -0.3 is 9.64 Å². The van der Waals surface area contributed by atoms with Gasteiger partial charge in [0.25, 0.3) is 0 Å². The fourth-order valence-electron chi connectivity index (χ4n) is 2.75. The Morgan fingerprint density at radius 2 is 1.85 bits per heavy atom. The highest BCUT2D eigenvalue weighted by atomic mass is 19.4. The van der Waals surface area contributed by atoms with E-state index in [0.29, 0.717) is 13.0 Å². The minimum absolute atomic E-state index is 0.185. The minimum atomic E-state index is -4.56. The molecule has 148 valence electrons. The summed E-state index contributed by atoms with van der Waals surface area (Å²) in [7, 11) is 0. The molecule has 1 heterocycles. The van der Waals surface area contributed by atoms with Crippen molar-refractivity contribution < 1.29 is 17.9 Å². The van der Waals surface area contributed by atoms with E-state index in [1.165, 1.54) is 0 Å². The predicted octanol–water partition coefficient (Wildman–Crippen LogP) is 5.96. The summed E-state index contributed by atoms with van der Waals surface area (Å²) in [5, 5.41) is 0. The molecule has 0 aliphatic heterocycles. The summed E-state index contributed by atoms with van der Waals surface area (Å²) in [6.07, 6.45) is -2.27. The van der Waals surface area contributed by atoms with Gasteiger partial charge in [0.2, 0.25) is 11.8 Å². The van der Waals surface area contributed by atoms with Crippen molar-refractivity contribution in [2.75, 3.05) is 18.1 Å². The Morgan fingerprint density at radius 3 is 2.44 bits per heavy atom. The molecular weight excluding hydrogens is 355 g/mol. The zero-order valence-corrected chi connectivity index (χ0v) is 16.2. The van der Waals surface area contributed by atoms with Crippen LogP contribution in [0.25, 0.3) is 0 Å². The first-order valence-corrected chi connectivity index (χ1v) is 9.23. The van der Waals surface area contributed by atoms with Gasteiger partial charge in [-0.15, -0.1) is 0 Å². The summed E-state index contributed by atoms with van der Waals surface area (Å²) >= 11 is 0. The van der Waals surface area contributed by atoms with Gasteiger partial charge in [-0.1, -0.05) is 45.4 Å². The largest absolute Gasteiger partial charge is 0.477 e. The first kappa shape index (κ1) is 21.0. The molecule has 0 radical (unpaired) electrons. The zero-order chi connectivity index (χ0) is 20.0. The Labute approximate surface area is 158 Å². The molecule has 0 atom stereocenters. The van der Waals surface area contributed by atoms with E-state index in [4.69, 9.17) is 4.74 Å². The molecule has 0 bridgehead atoms. The molecule has 27 heavy (non-hydrogen) atoms. The van der Waals surface area contributed by atoms with Gasteiger partial charge in [-0.05, 0) is 30.9 Å². The van der Waals surface area contributed by atoms with Gasteiger partial charge in [0.15, 0.2) is 0 Å². The number of unbranched alkanes of at least 4 members (excludes halogenated alkanes) is 1. The third-order valence-electron chi connectivity index (χ3n) is 4.19. The molecule has 1 aromatic heterocycles. The summed E-state index contributed by atoms with van der Waals surface area (Å²) in [6.45, 7) is 8.70. The number of hydrogen-bond donors (Lipinski definition) is 0. The van der Waals surface area contributed by atoms with E-state index in [0.717, 1.165) is 23.9 Å². The lowest BCUT2D eigenvalue weighted by Gasteiger charge is -2.26. The number of rotatable bonds is 8. The van der Waals surface area contributed by atoms with E-state index in [1.807, 2.05) is 43.0 Å². The maximum atomic E-state index is 13.3. The van der Waals surface area contributed by atoms with Crippen LogP contribution in [0.1, 0.15) is 57.6 Å². The molecule has 7 heteroatoms. The molecule has 2 rings (SSSR count). The van der Waals surface area contributed by atoms with Crippen molar-refractivity contribution in [1.29, 1.82) is 0 Å². The number of benzene rings is 1. The molecule has 4 nitrogen and oxygen atoms in total. The third kappa shape index (κ3) is 5.11. The maximum absolute atomic E-state index is 13.3. The van der Waals surface area contributed by atoms with Crippen molar-refractivity contribution in [2.45, 2.75) is 52.6 Å². The van der Waals surface area contributed by atoms with Crippen LogP contribution in [0.5, 0.6) is 5.88 Å². The number of hydrogen-bond acceptors (Lipinski definition) is 4. The molecule has 0 amide bonds. The van der Waals surface area contributed by atoms with E-state index in [-0.39, 0.29) is 18.5 Å². The van der Waals surface area contributed by atoms with Crippen LogP contribution in [0.3, 0.4) is 0 Å². The van der Waals surface area contributed by atoms with Crippen molar-refractivity contribution in [2.24, 2.45) is 0 Å². The standard InChI is InChI=1S/C20H26F3N3O/c1-5-7-12-27-18-16(20(21,22)23)13-24-19(25-18)26(6-2)17-11-9-8-10-15(17)14(3)4/h8-11,13-14H,5-7,12H2,1-4H3. The molecule has 0 aliphatic carbocycles. The van der Waals surface area contributed by atoms with Gasteiger partial charge in [0.05, 0.1) is 6.61 Å². The van der Waals surface area contributed by atoms with Crippen LogP contribution >= 0.6 is 0 Å². The van der Waals surface area contributed by atoms with Gasteiger partial charge in [-0.3, -0.25) is 0 Å². The summed E-state index contributed by atoms with van der Waals surface area (Å²) < 4.78 is 45.2. The second-order valence-electron chi connectivity index (χ2n) is 6.55. The fraction of sp³-hybridized carbons (Fsp3) is 0.500. The number of nitrogens with zero attached hydrogens (tertiary/aromatic N) is 3. The van der Waals surface area contributed by atoms with Gasteiger partial charge >= 0.3 is 6.18 Å². The zero-order valence-electron chi connectivity index (χ0n) is 16.2.